The van der Waals surface area contributed by atoms with Crippen LogP contribution in [0.5, 0.6) is 0 Å². The number of anilines is 2. The molecule has 0 N–H and O–H groups in total. The molecule has 1 aromatic heterocycles. The Morgan fingerprint density at radius 2 is 1.37 bits per heavy atom. The lowest BCUT2D eigenvalue weighted by Crippen LogP contribution is -2.50. The molecule has 0 bridgehead atoms. The highest BCUT2D eigenvalue weighted by atomic mass is 32.2. The van der Waals surface area contributed by atoms with Gasteiger partial charge in [0.2, 0.25) is 10.0 Å². The van der Waals surface area contributed by atoms with Crippen LogP contribution < -0.4 is 15.4 Å². The van der Waals surface area contributed by atoms with Crippen molar-refractivity contribution in [2.75, 3.05) is 62.3 Å². The Balaban J connectivity index is 1.40. The molecule has 0 spiro atoms. The molecule has 3 aromatic rings. The summed E-state index contributed by atoms with van der Waals surface area (Å²) in [4.78, 5) is 17.9. The summed E-state index contributed by atoms with van der Waals surface area (Å²) in [6, 6.07) is 20.8. The van der Waals surface area contributed by atoms with Crippen molar-refractivity contribution >= 4 is 21.4 Å². The van der Waals surface area contributed by atoms with Gasteiger partial charge in [-0.1, -0.05) is 48.5 Å². The van der Waals surface area contributed by atoms with Crippen LogP contribution in [0.2, 0.25) is 0 Å². The van der Waals surface area contributed by atoms with Gasteiger partial charge in [0.05, 0.1) is 24.7 Å². The molecule has 0 saturated carbocycles. The minimum absolute atomic E-state index is 0.0000114. The molecule has 0 atom stereocenters. The zero-order chi connectivity index (χ0) is 24.3. The van der Waals surface area contributed by atoms with Gasteiger partial charge in [-0.05, 0) is 23.8 Å². The first kappa shape index (κ1) is 23.6. The standard InChI is InChI=1S/C26H30N4O4S/c31-26-25(28-17-19-34-20-18-28)24(11-12-30(26)23-9-5-2-6-10-23)27-13-15-29(16-14-27)35(32,33)21-22-7-3-1-4-8-22/h1-12H,13-21H2. The summed E-state index contributed by atoms with van der Waals surface area (Å²) in [6.45, 7) is 4.27. The minimum Gasteiger partial charge on any atom is -0.378 e. The molecule has 184 valence electrons. The van der Waals surface area contributed by atoms with Gasteiger partial charge in [0.25, 0.3) is 5.56 Å². The highest BCUT2D eigenvalue weighted by Crippen LogP contribution is 2.29. The molecule has 9 heteroatoms. The summed E-state index contributed by atoms with van der Waals surface area (Å²) in [7, 11) is -3.41. The molecule has 0 unspecified atom stereocenters. The van der Waals surface area contributed by atoms with Crippen molar-refractivity contribution in [3.8, 4) is 5.69 Å². The van der Waals surface area contributed by atoms with Gasteiger partial charge < -0.3 is 14.5 Å². The third-order valence-corrected chi connectivity index (χ3v) is 8.42. The number of rotatable bonds is 6. The molecule has 0 amide bonds. The van der Waals surface area contributed by atoms with E-state index in [0.717, 1.165) is 16.9 Å². The van der Waals surface area contributed by atoms with E-state index in [0.29, 0.717) is 58.2 Å². The van der Waals surface area contributed by atoms with E-state index in [1.54, 1.807) is 8.87 Å². The minimum atomic E-state index is -3.41. The lowest BCUT2D eigenvalue weighted by molar-refractivity contribution is 0.122. The van der Waals surface area contributed by atoms with Crippen LogP contribution in [0, 0.1) is 0 Å². The van der Waals surface area contributed by atoms with Crippen molar-refractivity contribution in [3.63, 3.8) is 0 Å². The summed E-state index contributed by atoms with van der Waals surface area (Å²) >= 11 is 0. The number of morpholine rings is 1. The Morgan fingerprint density at radius 3 is 2.03 bits per heavy atom. The third-order valence-electron chi connectivity index (χ3n) is 6.57. The maximum absolute atomic E-state index is 13.7. The van der Waals surface area contributed by atoms with E-state index in [2.05, 4.69) is 9.80 Å². The number of hydrogen-bond donors (Lipinski definition) is 0. The quantitative estimate of drug-likeness (QED) is 0.524. The molecule has 2 aromatic carbocycles. The number of pyridine rings is 1. The Morgan fingerprint density at radius 1 is 0.743 bits per heavy atom. The predicted molar refractivity (Wildman–Crippen MR) is 138 cm³/mol. The Bertz CT molecular complexity index is 1300. The fourth-order valence-electron chi connectivity index (χ4n) is 4.73. The van der Waals surface area contributed by atoms with Crippen molar-refractivity contribution in [2.24, 2.45) is 0 Å². The lowest BCUT2D eigenvalue weighted by Gasteiger charge is -2.38. The van der Waals surface area contributed by atoms with Crippen molar-refractivity contribution in [1.82, 2.24) is 8.87 Å². The summed E-state index contributed by atoms with van der Waals surface area (Å²) in [6.07, 6.45) is 1.81. The maximum atomic E-state index is 13.7. The van der Waals surface area contributed by atoms with Crippen LogP contribution in [-0.4, -0.2) is 69.8 Å². The number of benzene rings is 2. The molecule has 2 aliphatic rings. The van der Waals surface area contributed by atoms with E-state index in [-0.39, 0.29) is 11.3 Å². The number of ether oxygens (including phenoxy) is 1. The Hall–Kier alpha value is -3.14. The molecule has 35 heavy (non-hydrogen) atoms. The van der Waals surface area contributed by atoms with Crippen LogP contribution in [0.15, 0.2) is 77.7 Å². The van der Waals surface area contributed by atoms with Gasteiger partial charge in [0, 0.05) is 51.2 Å². The number of sulfonamides is 1. The second-order valence-electron chi connectivity index (χ2n) is 8.79. The Kier molecular flexibility index (Phi) is 6.90. The van der Waals surface area contributed by atoms with Crippen LogP contribution >= 0.6 is 0 Å². The van der Waals surface area contributed by atoms with E-state index >= 15 is 0 Å². The second kappa shape index (κ2) is 10.2. The van der Waals surface area contributed by atoms with Gasteiger partial charge in [-0.15, -0.1) is 0 Å². The van der Waals surface area contributed by atoms with E-state index in [1.807, 2.05) is 72.9 Å². The molecule has 0 radical (unpaired) electrons. The van der Waals surface area contributed by atoms with Crippen molar-refractivity contribution < 1.29 is 13.2 Å². The predicted octanol–water partition coefficient (Wildman–Crippen LogP) is 2.33. The average Bonchev–Trinajstić information content (AvgIpc) is 2.90. The van der Waals surface area contributed by atoms with Gasteiger partial charge in [-0.3, -0.25) is 9.36 Å². The van der Waals surface area contributed by atoms with Crippen LogP contribution in [-0.2, 0) is 20.5 Å². The number of hydrogen-bond acceptors (Lipinski definition) is 6. The van der Waals surface area contributed by atoms with E-state index in [4.69, 9.17) is 4.74 Å². The van der Waals surface area contributed by atoms with Gasteiger partial charge in [0.15, 0.2) is 0 Å². The molecule has 5 rings (SSSR count). The molecule has 2 aliphatic heterocycles. The molecule has 2 fully saturated rings. The second-order valence-corrected chi connectivity index (χ2v) is 10.8. The third kappa shape index (κ3) is 5.12. The normalized spacial score (nSPS) is 17.5. The zero-order valence-corrected chi connectivity index (χ0v) is 20.4. The largest absolute Gasteiger partial charge is 0.378 e. The highest BCUT2D eigenvalue weighted by Gasteiger charge is 2.30. The summed E-state index contributed by atoms with van der Waals surface area (Å²) in [5, 5.41) is 0. The first-order valence-electron chi connectivity index (χ1n) is 11.9. The summed E-state index contributed by atoms with van der Waals surface area (Å²) in [5.74, 6) is -0.0000114. The molecule has 3 heterocycles. The van der Waals surface area contributed by atoms with E-state index < -0.39 is 10.0 Å². The van der Waals surface area contributed by atoms with Crippen LogP contribution in [0.1, 0.15) is 5.56 Å². The fourth-order valence-corrected chi connectivity index (χ4v) is 6.25. The fraction of sp³-hybridized carbons (Fsp3) is 0.346. The number of piperazine rings is 1. The molecule has 0 aliphatic carbocycles. The first-order chi connectivity index (χ1) is 17.0. The smallest absolute Gasteiger partial charge is 0.280 e. The number of nitrogens with zero attached hydrogens (tertiary/aromatic N) is 4. The topological polar surface area (TPSA) is 75.1 Å². The first-order valence-corrected chi connectivity index (χ1v) is 13.5. The van der Waals surface area contributed by atoms with Crippen molar-refractivity contribution in [3.05, 3.63) is 88.8 Å². The lowest BCUT2D eigenvalue weighted by atomic mass is 10.2. The monoisotopic (exact) mass is 494 g/mol. The van der Waals surface area contributed by atoms with E-state index in [9.17, 15) is 13.2 Å². The van der Waals surface area contributed by atoms with Gasteiger partial charge in [-0.2, -0.15) is 4.31 Å². The molecule has 8 nitrogen and oxygen atoms in total. The number of para-hydroxylation sites is 1. The Labute approximate surface area is 206 Å². The molecular formula is C26H30N4O4S. The zero-order valence-electron chi connectivity index (χ0n) is 19.6. The van der Waals surface area contributed by atoms with Crippen LogP contribution in [0.4, 0.5) is 11.4 Å². The summed E-state index contributed by atoms with van der Waals surface area (Å²) < 4.78 is 34.8. The van der Waals surface area contributed by atoms with Gasteiger partial charge >= 0.3 is 0 Å². The van der Waals surface area contributed by atoms with Crippen molar-refractivity contribution in [1.29, 1.82) is 0 Å². The van der Waals surface area contributed by atoms with Gasteiger partial charge in [0.1, 0.15) is 5.69 Å². The van der Waals surface area contributed by atoms with Crippen molar-refractivity contribution in [2.45, 2.75) is 5.75 Å². The summed E-state index contributed by atoms with van der Waals surface area (Å²) in [5.41, 5.74) is 3.03. The van der Waals surface area contributed by atoms with E-state index in [1.165, 1.54) is 0 Å². The maximum Gasteiger partial charge on any atom is 0.280 e. The molecule has 2 saturated heterocycles. The van der Waals surface area contributed by atoms with Crippen LogP contribution in [0.3, 0.4) is 0 Å². The molecular weight excluding hydrogens is 464 g/mol. The highest BCUT2D eigenvalue weighted by molar-refractivity contribution is 7.88. The van der Waals surface area contributed by atoms with Gasteiger partial charge in [-0.25, -0.2) is 8.42 Å². The van der Waals surface area contributed by atoms with Crippen LogP contribution in [0.25, 0.3) is 5.69 Å². The number of aromatic nitrogens is 1. The SMILES string of the molecule is O=c1c(N2CCOCC2)c(N2CCN(S(=O)(=O)Cc3ccccc3)CC2)ccn1-c1ccccc1. The average molecular weight is 495 g/mol.